The van der Waals surface area contributed by atoms with Gasteiger partial charge in [0.05, 0.1) is 12.1 Å². The summed E-state index contributed by atoms with van der Waals surface area (Å²) in [7, 11) is 0. The molecule has 0 aliphatic heterocycles. The second kappa shape index (κ2) is 7.21. The van der Waals surface area contributed by atoms with E-state index >= 15 is 0 Å². The highest BCUT2D eigenvalue weighted by molar-refractivity contribution is 6.05. The minimum Gasteiger partial charge on any atom is -0.494 e. The van der Waals surface area contributed by atoms with E-state index in [4.69, 9.17) is 4.74 Å². The Bertz CT molecular complexity index is 959. The molecule has 0 aliphatic carbocycles. The van der Waals surface area contributed by atoms with Gasteiger partial charge in [0.2, 0.25) is 5.56 Å². The number of aromatic nitrogens is 1. The lowest BCUT2D eigenvalue weighted by Crippen LogP contribution is -2.12. The summed E-state index contributed by atoms with van der Waals surface area (Å²) >= 11 is 0. The van der Waals surface area contributed by atoms with E-state index in [1.807, 2.05) is 26.0 Å². The minimum absolute atomic E-state index is 0.140. The van der Waals surface area contributed by atoms with E-state index in [9.17, 15) is 9.59 Å². The number of amides is 1. The molecule has 0 saturated heterocycles. The maximum atomic E-state index is 12.4. The molecule has 0 spiro atoms. The van der Waals surface area contributed by atoms with Crippen molar-refractivity contribution in [1.29, 1.82) is 0 Å². The Labute approximate surface area is 145 Å². The second-order valence-corrected chi connectivity index (χ2v) is 5.68. The van der Waals surface area contributed by atoms with Crippen molar-refractivity contribution in [3.63, 3.8) is 0 Å². The molecule has 1 amide bonds. The van der Waals surface area contributed by atoms with Gasteiger partial charge in [-0.25, -0.2) is 0 Å². The van der Waals surface area contributed by atoms with Crippen molar-refractivity contribution in [2.75, 3.05) is 11.9 Å². The Morgan fingerprint density at radius 2 is 1.84 bits per heavy atom. The van der Waals surface area contributed by atoms with Gasteiger partial charge in [-0.1, -0.05) is 13.0 Å². The number of benzene rings is 2. The van der Waals surface area contributed by atoms with Crippen LogP contribution in [-0.4, -0.2) is 17.5 Å². The van der Waals surface area contributed by atoms with Crippen LogP contribution in [0.3, 0.4) is 0 Å². The lowest BCUT2D eigenvalue weighted by Gasteiger charge is -2.09. The first-order valence-corrected chi connectivity index (χ1v) is 8.31. The standard InChI is InChI=1S/C20H20N2O3/c1-3-13-11-19(23)22-18-12-15(7-10-17(13)18)21-20(24)14-5-8-16(9-6-14)25-4-2/h5-12H,3-4H2,1-2H3,(H,21,24)(H,22,23). The van der Waals surface area contributed by atoms with Crippen molar-refractivity contribution in [1.82, 2.24) is 4.98 Å². The number of nitrogens with one attached hydrogen (secondary N) is 2. The average Bonchev–Trinajstić information content (AvgIpc) is 2.61. The van der Waals surface area contributed by atoms with Crippen LogP contribution in [-0.2, 0) is 6.42 Å². The van der Waals surface area contributed by atoms with Crippen molar-refractivity contribution < 1.29 is 9.53 Å². The highest BCUT2D eigenvalue weighted by atomic mass is 16.5. The van der Waals surface area contributed by atoms with Crippen LogP contribution in [0.5, 0.6) is 5.75 Å². The summed E-state index contributed by atoms with van der Waals surface area (Å²) in [4.78, 5) is 26.9. The molecule has 25 heavy (non-hydrogen) atoms. The van der Waals surface area contributed by atoms with Gasteiger partial charge < -0.3 is 15.0 Å². The Morgan fingerprint density at radius 1 is 1.08 bits per heavy atom. The number of ether oxygens (including phenoxy) is 1. The zero-order valence-electron chi connectivity index (χ0n) is 14.3. The lowest BCUT2D eigenvalue weighted by atomic mass is 10.1. The van der Waals surface area contributed by atoms with E-state index in [1.54, 1.807) is 36.4 Å². The van der Waals surface area contributed by atoms with E-state index < -0.39 is 0 Å². The monoisotopic (exact) mass is 336 g/mol. The molecule has 1 aromatic heterocycles. The molecule has 0 bridgehead atoms. The first-order valence-electron chi connectivity index (χ1n) is 8.31. The zero-order valence-corrected chi connectivity index (χ0v) is 14.3. The first-order chi connectivity index (χ1) is 12.1. The number of anilines is 1. The molecule has 3 aromatic rings. The molecule has 2 aromatic carbocycles. The SMILES string of the molecule is CCOc1ccc(C(=O)Nc2ccc3c(CC)cc(=O)[nH]c3c2)cc1. The van der Waals surface area contributed by atoms with Crippen LogP contribution in [0, 0.1) is 0 Å². The molecular weight excluding hydrogens is 316 g/mol. The van der Waals surface area contributed by atoms with E-state index in [0.29, 0.717) is 23.4 Å². The number of fused-ring (bicyclic) bond motifs is 1. The lowest BCUT2D eigenvalue weighted by molar-refractivity contribution is 0.102. The fraction of sp³-hybridized carbons (Fsp3) is 0.200. The third-order valence-corrected chi connectivity index (χ3v) is 3.99. The van der Waals surface area contributed by atoms with Gasteiger partial charge in [0.25, 0.3) is 5.91 Å². The van der Waals surface area contributed by atoms with Crippen LogP contribution >= 0.6 is 0 Å². The Morgan fingerprint density at radius 3 is 2.52 bits per heavy atom. The molecule has 3 rings (SSSR count). The van der Waals surface area contributed by atoms with Crippen LogP contribution in [0.4, 0.5) is 5.69 Å². The van der Waals surface area contributed by atoms with Gasteiger partial charge >= 0.3 is 0 Å². The number of H-pyrrole nitrogens is 1. The van der Waals surface area contributed by atoms with Crippen molar-refractivity contribution >= 4 is 22.5 Å². The summed E-state index contributed by atoms with van der Waals surface area (Å²) in [5.74, 6) is 0.519. The van der Waals surface area contributed by atoms with E-state index in [1.165, 1.54) is 0 Å². The number of hydrogen-bond acceptors (Lipinski definition) is 3. The number of rotatable bonds is 5. The molecular formula is C20H20N2O3. The van der Waals surface area contributed by atoms with Crippen molar-refractivity contribution in [2.24, 2.45) is 0 Å². The third-order valence-electron chi connectivity index (χ3n) is 3.99. The van der Waals surface area contributed by atoms with Crippen molar-refractivity contribution in [2.45, 2.75) is 20.3 Å². The molecule has 0 unspecified atom stereocenters. The number of pyridine rings is 1. The van der Waals surface area contributed by atoms with Crippen LogP contribution in [0.25, 0.3) is 10.9 Å². The molecule has 2 N–H and O–H groups in total. The number of aromatic amines is 1. The van der Waals surface area contributed by atoms with Gasteiger partial charge in [-0.2, -0.15) is 0 Å². The van der Waals surface area contributed by atoms with Gasteiger partial charge in [0, 0.05) is 22.7 Å². The van der Waals surface area contributed by atoms with E-state index in [0.717, 1.165) is 23.1 Å². The summed E-state index contributed by atoms with van der Waals surface area (Å²) in [6, 6.07) is 14.1. The number of carbonyl (C=O) groups excluding carboxylic acids is 1. The van der Waals surface area contributed by atoms with Gasteiger partial charge in [-0.3, -0.25) is 9.59 Å². The predicted molar refractivity (Wildman–Crippen MR) is 99.5 cm³/mol. The highest BCUT2D eigenvalue weighted by Gasteiger charge is 2.08. The van der Waals surface area contributed by atoms with Crippen LogP contribution in [0.1, 0.15) is 29.8 Å². The Hall–Kier alpha value is -3.08. The Kier molecular flexibility index (Phi) is 4.84. The maximum absolute atomic E-state index is 12.4. The summed E-state index contributed by atoms with van der Waals surface area (Å²) in [5.41, 5.74) is 2.74. The number of aryl methyl sites for hydroxylation is 1. The first kappa shape index (κ1) is 16.8. The largest absolute Gasteiger partial charge is 0.494 e. The van der Waals surface area contributed by atoms with Gasteiger partial charge in [0.1, 0.15) is 5.75 Å². The summed E-state index contributed by atoms with van der Waals surface area (Å²) in [6.07, 6.45) is 0.776. The van der Waals surface area contributed by atoms with Crippen molar-refractivity contribution in [3.05, 3.63) is 70.0 Å². The molecule has 1 heterocycles. The zero-order chi connectivity index (χ0) is 17.8. The summed E-state index contributed by atoms with van der Waals surface area (Å²) < 4.78 is 5.37. The normalized spacial score (nSPS) is 10.6. The molecule has 5 nitrogen and oxygen atoms in total. The number of hydrogen-bond donors (Lipinski definition) is 2. The topological polar surface area (TPSA) is 71.2 Å². The van der Waals surface area contributed by atoms with Crippen molar-refractivity contribution in [3.8, 4) is 5.75 Å². The molecule has 5 heteroatoms. The summed E-state index contributed by atoms with van der Waals surface area (Å²) in [5, 5.41) is 3.84. The molecule has 0 saturated carbocycles. The Balaban J connectivity index is 1.84. The van der Waals surface area contributed by atoms with Crippen LogP contribution in [0.15, 0.2) is 53.3 Å². The number of carbonyl (C=O) groups is 1. The van der Waals surface area contributed by atoms with E-state index in [-0.39, 0.29) is 11.5 Å². The second-order valence-electron chi connectivity index (χ2n) is 5.68. The fourth-order valence-electron chi connectivity index (χ4n) is 2.78. The molecule has 0 radical (unpaired) electrons. The molecule has 0 atom stereocenters. The quantitative estimate of drug-likeness (QED) is 0.745. The van der Waals surface area contributed by atoms with Gasteiger partial charge in [-0.05, 0) is 55.3 Å². The highest BCUT2D eigenvalue weighted by Crippen LogP contribution is 2.21. The fourth-order valence-corrected chi connectivity index (χ4v) is 2.78. The molecule has 0 fully saturated rings. The van der Waals surface area contributed by atoms with Crippen LogP contribution in [0.2, 0.25) is 0 Å². The molecule has 0 aliphatic rings. The maximum Gasteiger partial charge on any atom is 0.255 e. The summed E-state index contributed by atoms with van der Waals surface area (Å²) in [6.45, 7) is 4.50. The average molecular weight is 336 g/mol. The van der Waals surface area contributed by atoms with Crippen LogP contribution < -0.4 is 15.6 Å². The van der Waals surface area contributed by atoms with E-state index in [2.05, 4.69) is 10.3 Å². The smallest absolute Gasteiger partial charge is 0.255 e. The van der Waals surface area contributed by atoms with Gasteiger partial charge in [0.15, 0.2) is 0 Å². The van der Waals surface area contributed by atoms with Gasteiger partial charge in [-0.15, -0.1) is 0 Å². The minimum atomic E-state index is -0.212. The molecule has 128 valence electrons. The predicted octanol–water partition coefficient (Wildman–Crippen LogP) is 3.74. The third kappa shape index (κ3) is 3.71.